The Bertz CT molecular complexity index is 423. The van der Waals surface area contributed by atoms with Crippen LogP contribution < -0.4 is 15.4 Å². The van der Waals surface area contributed by atoms with Crippen molar-refractivity contribution >= 4 is 11.6 Å². The van der Waals surface area contributed by atoms with Gasteiger partial charge in [-0.2, -0.15) is 0 Å². The molecule has 1 heterocycles. The largest absolute Gasteiger partial charge is 0.494 e. The van der Waals surface area contributed by atoms with Gasteiger partial charge in [0.25, 0.3) is 0 Å². The lowest BCUT2D eigenvalue weighted by Crippen LogP contribution is -2.41. The topological polar surface area (TPSA) is 50.4 Å². The van der Waals surface area contributed by atoms with Crippen LogP contribution in [0, 0.1) is 5.92 Å². The van der Waals surface area contributed by atoms with E-state index in [0.717, 1.165) is 43.9 Å². The minimum atomic E-state index is 0.0715. The van der Waals surface area contributed by atoms with Crippen molar-refractivity contribution in [2.45, 2.75) is 39.2 Å². The van der Waals surface area contributed by atoms with Crippen molar-refractivity contribution in [1.82, 2.24) is 5.32 Å². The first-order chi connectivity index (χ1) is 9.69. The molecule has 1 aliphatic rings. The Hall–Kier alpha value is -1.55. The Morgan fingerprint density at radius 1 is 1.35 bits per heavy atom. The van der Waals surface area contributed by atoms with E-state index in [-0.39, 0.29) is 11.8 Å². The van der Waals surface area contributed by atoms with Gasteiger partial charge in [0.2, 0.25) is 5.91 Å². The van der Waals surface area contributed by atoms with Crippen LogP contribution in [0.1, 0.15) is 33.1 Å². The highest BCUT2D eigenvalue weighted by Gasteiger charge is 2.23. The molecule has 1 aliphatic heterocycles. The van der Waals surface area contributed by atoms with Crippen LogP contribution in [0.3, 0.4) is 0 Å². The monoisotopic (exact) mass is 276 g/mol. The van der Waals surface area contributed by atoms with Gasteiger partial charge in [0.15, 0.2) is 0 Å². The first-order valence-electron chi connectivity index (χ1n) is 7.46. The van der Waals surface area contributed by atoms with Gasteiger partial charge in [-0.3, -0.25) is 4.79 Å². The van der Waals surface area contributed by atoms with Gasteiger partial charge in [-0.15, -0.1) is 0 Å². The average Bonchev–Trinajstić information content (AvgIpc) is 2.47. The molecule has 1 aromatic carbocycles. The zero-order valence-electron chi connectivity index (χ0n) is 12.3. The van der Waals surface area contributed by atoms with Crippen molar-refractivity contribution in [1.29, 1.82) is 0 Å². The summed E-state index contributed by atoms with van der Waals surface area (Å²) < 4.78 is 5.52. The molecule has 2 N–H and O–H groups in total. The lowest BCUT2D eigenvalue weighted by Gasteiger charge is -2.26. The van der Waals surface area contributed by atoms with Gasteiger partial charge in [-0.1, -0.05) is 6.92 Å². The number of benzene rings is 1. The molecule has 1 saturated heterocycles. The fourth-order valence-corrected chi connectivity index (χ4v) is 2.32. The molecule has 2 rings (SSSR count). The zero-order valence-corrected chi connectivity index (χ0v) is 12.3. The van der Waals surface area contributed by atoms with Crippen LogP contribution >= 0.6 is 0 Å². The minimum Gasteiger partial charge on any atom is -0.494 e. The van der Waals surface area contributed by atoms with E-state index in [1.54, 1.807) is 0 Å². The molecular weight excluding hydrogens is 252 g/mol. The number of hydrogen-bond donors (Lipinski definition) is 2. The van der Waals surface area contributed by atoms with Crippen molar-refractivity contribution in [2.24, 2.45) is 5.92 Å². The highest BCUT2D eigenvalue weighted by Crippen LogP contribution is 2.19. The van der Waals surface area contributed by atoms with Crippen LogP contribution in [-0.2, 0) is 4.79 Å². The molecule has 1 amide bonds. The summed E-state index contributed by atoms with van der Waals surface area (Å²) in [6, 6.07) is 8.09. The Morgan fingerprint density at radius 3 is 2.70 bits per heavy atom. The van der Waals surface area contributed by atoms with E-state index in [4.69, 9.17) is 4.74 Å². The molecule has 2 unspecified atom stereocenters. The fraction of sp³-hybridized carbons (Fsp3) is 0.562. The standard InChI is InChI=1S/C16H24N2O2/c1-3-10-20-15-8-6-14(7-9-15)18-16(19)13-5-4-12(2)17-11-13/h6-9,12-13,17H,3-5,10-11H2,1-2H3,(H,18,19). The van der Waals surface area contributed by atoms with Gasteiger partial charge < -0.3 is 15.4 Å². The Kier molecular flexibility index (Phi) is 5.41. The Morgan fingerprint density at radius 2 is 2.10 bits per heavy atom. The lowest BCUT2D eigenvalue weighted by molar-refractivity contribution is -0.120. The summed E-state index contributed by atoms with van der Waals surface area (Å²) in [5.74, 6) is 1.02. The van der Waals surface area contributed by atoms with Crippen molar-refractivity contribution in [2.75, 3.05) is 18.5 Å². The third-order valence-corrected chi connectivity index (χ3v) is 3.63. The van der Waals surface area contributed by atoms with Gasteiger partial charge in [0, 0.05) is 18.3 Å². The molecule has 0 aliphatic carbocycles. The highest BCUT2D eigenvalue weighted by molar-refractivity contribution is 5.92. The van der Waals surface area contributed by atoms with Crippen LogP contribution in [0.2, 0.25) is 0 Å². The number of rotatable bonds is 5. The molecule has 1 fully saturated rings. The lowest BCUT2D eigenvalue weighted by atomic mass is 9.95. The highest BCUT2D eigenvalue weighted by atomic mass is 16.5. The third kappa shape index (κ3) is 4.23. The smallest absolute Gasteiger partial charge is 0.228 e. The summed E-state index contributed by atoms with van der Waals surface area (Å²) in [5.41, 5.74) is 0.831. The maximum atomic E-state index is 12.1. The number of nitrogens with one attached hydrogen (secondary N) is 2. The number of amides is 1. The van der Waals surface area contributed by atoms with Crippen LogP contribution in [0.4, 0.5) is 5.69 Å². The summed E-state index contributed by atoms with van der Waals surface area (Å²) in [4.78, 5) is 12.1. The van der Waals surface area contributed by atoms with Crippen molar-refractivity contribution in [3.05, 3.63) is 24.3 Å². The first-order valence-corrected chi connectivity index (χ1v) is 7.46. The van der Waals surface area contributed by atoms with E-state index in [2.05, 4.69) is 24.5 Å². The molecule has 2 atom stereocenters. The number of anilines is 1. The van der Waals surface area contributed by atoms with Crippen LogP contribution in [-0.4, -0.2) is 25.1 Å². The Labute approximate surface area is 120 Å². The number of carbonyl (C=O) groups excluding carboxylic acids is 1. The van der Waals surface area contributed by atoms with E-state index >= 15 is 0 Å². The van der Waals surface area contributed by atoms with E-state index < -0.39 is 0 Å². The maximum Gasteiger partial charge on any atom is 0.228 e. The fourth-order valence-electron chi connectivity index (χ4n) is 2.32. The second-order valence-corrected chi connectivity index (χ2v) is 5.45. The summed E-state index contributed by atoms with van der Waals surface area (Å²) >= 11 is 0. The van der Waals surface area contributed by atoms with E-state index in [1.165, 1.54) is 0 Å². The predicted octanol–water partition coefficient (Wildman–Crippen LogP) is 2.80. The predicted molar refractivity (Wildman–Crippen MR) is 81.0 cm³/mol. The molecule has 0 aromatic heterocycles. The van der Waals surface area contributed by atoms with E-state index in [1.807, 2.05) is 24.3 Å². The first kappa shape index (κ1) is 14.9. The molecule has 4 heteroatoms. The van der Waals surface area contributed by atoms with Gasteiger partial charge in [-0.05, 0) is 50.5 Å². The number of carbonyl (C=O) groups is 1. The third-order valence-electron chi connectivity index (χ3n) is 3.63. The molecule has 0 radical (unpaired) electrons. The van der Waals surface area contributed by atoms with Crippen LogP contribution in [0.25, 0.3) is 0 Å². The summed E-state index contributed by atoms with van der Waals surface area (Å²) in [7, 11) is 0. The average molecular weight is 276 g/mol. The summed E-state index contributed by atoms with van der Waals surface area (Å²) in [5, 5.41) is 6.33. The van der Waals surface area contributed by atoms with Gasteiger partial charge in [-0.25, -0.2) is 0 Å². The molecule has 0 spiro atoms. The molecule has 0 saturated carbocycles. The van der Waals surface area contributed by atoms with Gasteiger partial charge >= 0.3 is 0 Å². The van der Waals surface area contributed by atoms with Gasteiger partial charge in [0.05, 0.1) is 12.5 Å². The zero-order chi connectivity index (χ0) is 14.4. The second kappa shape index (κ2) is 7.29. The molecule has 4 nitrogen and oxygen atoms in total. The second-order valence-electron chi connectivity index (χ2n) is 5.45. The number of piperidine rings is 1. The van der Waals surface area contributed by atoms with Crippen molar-refractivity contribution in [3.63, 3.8) is 0 Å². The molecule has 0 bridgehead atoms. The molecule has 1 aromatic rings. The van der Waals surface area contributed by atoms with Crippen LogP contribution in [0.5, 0.6) is 5.75 Å². The molecule has 110 valence electrons. The normalized spacial score (nSPS) is 22.3. The Balaban J connectivity index is 1.84. The molecule has 20 heavy (non-hydrogen) atoms. The maximum absolute atomic E-state index is 12.1. The van der Waals surface area contributed by atoms with Crippen molar-refractivity contribution in [3.8, 4) is 5.75 Å². The van der Waals surface area contributed by atoms with Crippen molar-refractivity contribution < 1.29 is 9.53 Å². The minimum absolute atomic E-state index is 0.0715. The SMILES string of the molecule is CCCOc1ccc(NC(=O)C2CCC(C)NC2)cc1. The van der Waals surface area contributed by atoms with Gasteiger partial charge in [0.1, 0.15) is 5.75 Å². The summed E-state index contributed by atoms with van der Waals surface area (Å²) in [6.07, 6.45) is 3.01. The van der Waals surface area contributed by atoms with E-state index in [9.17, 15) is 4.79 Å². The quantitative estimate of drug-likeness (QED) is 0.869. The van der Waals surface area contributed by atoms with Crippen LogP contribution in [0.15, 0.2) is 24.3 Å². The number of hydrogen-bond acceptors (Lipinski definition) is 3. The molecular formula is C16H24N2O2. The number of ether oxygens (including phenoxy) is 1. The summed E-state index contributed by atoms with van der Waals surface area (Å²) in [6.45, 7) is 5.72. The van der Waals surface area contributed by atoms with E-state index in [0.29, 0.717) is 6.04 Å².